The van der Waals surface area contributed by atoms with Crippen molar-refractivity contribution >= 4 is 23.2 Å². The molecule has 6 nitrogen and oxygen atoms in total. The standard InChI is InChI=1S/C19H18FN3O3/c20-13-5-1-3-7-15(13)22-9-11-23(12-10-22)19(25)17-18(24)21-14-6-2-4-8-16(14)26-17/h1-8,17H,9-12H2,(H,21,24). The van der Waals surface area contributed by atoms with Crippen molar-refractivity contribution in [2.24, 2.45) is 0 Å². The highest BCUT2D eigenvalue weighted by Gasteiger charge is 2.37. The van der Waals surface area contributed by atoms with E-state index < -0.39 is 12.0 Å². The van der Waals surface area contributed by atoms with Gasteiger partial charge in [0.15, 0.2) is 0 Å². The maximum Gasteiger partial charge on any atom is 0.275 e. The van der Waals surface area contributed by atoms with E-state index in [0.29, 0.717) is 43.3 Å². The van der Waals surface area contributed by atoms with Crippen molar-refractivity contribution in [2.75, 3.05) is 36.4 Å². The zero-order valence-electron chi connectivity index (χ0n) is 14.0. The van der Waals surface area contributed by atoms with Gasteiger partial charge in [-0.25, -0.2) is 4.39 Å². The number of ether oxygens (including phenoxy) is 1. The predicted octanol–water partition coefficient (Wildman–Crippen LogP) is 1.87. The Morgan fingerprint density at radius 2 is 1.73 bits per heavy atom. The Bertz CT molecular complexity index is 849. The first-order valence-corrected chi connectivity index (χ1v) is 8.48. The highest BCUT2D eigenvalue weighted by atomic mass is 19.1. The van der Waals surface area contributed by atoms with E-state index in [-0.39, 0.29) is 11.7 Å². The highest BCUT2D eigenvalue weighted by Crippen LogP contribution is 2.29. The van der Waals surface area contributed by atoms with Gasteiger partial charge in [0.1, 0.15) is 11.6 Å². The maximum absolute atomic E-state index is 13.9. The number of nitrogens with one attached hydrogen (secondary N) is 1. The Balaban J connectivity index is 1.43. The molecule has 0 spiro atoms. The van der Waals surface area contributed by atoms with Crippen LogP contribution in [-0.2, 0) is 9.59 Å². The van der Waals surface area contributed by atoms with Crippen LogP contribution in [0.5, 0.6) is 5.75 Å². The maximum atomic E-state index is 13.9. The fraction of sp³-hybridized carbons (Fsp3) is 0.263. The number of hydrogen-bond donors (Lipinski definition) is 1. The van der Waals surface area contributed by atoms with Gasteiger partial charge in [-0.3, -0.25) is 9.59 Å². The first-order valence-electron chi connectivity index (χ1n) is 8.48. The van der Waals surface area contributed by atoms with E-state index in [1.165, 1.54) is 6.07 Å². The number of carbonyl (C=O) groups excluding carboxylic acids is 2. The Kier molecular flexibility index (Phi) is 4.20. The van der Waals surface area contributed by atoms with Gasteiger partial charge >= 0.3 is 0 Å². The van der Waals surface area contributed by atoms with Gasteiger partial charge in [0.2, 0.25) is 0 Å². The van der Waals surface area contributed by atoms with E-state index in [1.807, 2.05) is 4.90 Å². The normalized spacial score (nSPS) is 19.4. The van der Waals surface area contributed by atoms with Crippen molar-refractivity contribution in [2.45, 2.75) is 6.10 Å². The van der Waals surface area contributed by atoms with Gasteiger partial charge in [0, 0.05) is 26.2 Å². The molecule has 0 radical (unpaired) electrons. The lowest BCUT2D eigenvalue weighted by Crippen LogP contribution is -2.56. The van der Waals surface area contributed by atoms with Crippen LogP contribution in [0, 0.1) is 5.82 Å². The number of amides is 2. The monoisotopic (exact) mass is 355 g/mol. The van der Waals surface area contributed by atoms with Gasteiger partial charge in [-0.05, 0) is 24.3 Å². The number of fused-ring (bicyclic) bond motifs is 1. The van der Waals surface area contributed by atoms with E-state index in [4.69, 9.17) is 4.74 Å². The molecule has 0 bridgehead atoms. The van der Waals surface area contributed by atoms with Crippen LogP contribution in [0.2, 0.25) is 0 Å². The molecule has 0 saturated carbocycles. The summed E-state index contributed by atoms with van der Waals surface area (Å²) >= 11 is 0. The van der Waals surface area contributed by atoms with Crippen LogP contribution in [0.15, 0.2) is 48.5 Å². The van der Waals surface area contributed by atoms with Gasteiger partial charge in [-0.2, -0.15) is 0 Å². The largest absolute Gasteiger partial charge is 0.468 e. The molecule has 2 aromatic carbocycles. The summed E-state index contributed by atoms with van der Waals surface area (Å²) in [6.45, 7) is 1.80. The summed E-state index contributed by atoms with van der Waals surface area (Å²) in [5.74, 6) is -0.635. The molecule has 1 unspecified atom stereocenters. The third-order valence-corrected chi connectivity index (χ3v) is 4.64. The molecule has 1 N–H and O–H groups in total. The third-order valence-electron chi connectivity index (χ3n) is 4.64. The summed E-state index contributed by atoms with van der Waals surface area (Å²) in [6, 6.07) is 13.6. The van der Waals surface area contributed by atoms with E-state index >= 15 is 0 Å². The number of hydrogen-bond acceptors (Lipinski definition) is 4. The average Bonchev–Trinajstić information content (AvgIpc) is 2.67. The Labute approximate surface area is 150 Å². The molecule has 134 valence electrons. The van der Waals surface area contributed by atoms with Gasteiger partial charge < -0.3 is 19.9 Å². The fourth-order valence-corrected chi connectivity index (χ4v) is 3.26. The minimum Gasteiger partial charge on any atom is -0.468 e. The molecule has 2 heterocycles. The summed E-state index contributed by atoms with van der Waals surface area (Å²) < 4.78 is 19.5. The Morgan fingerprint density at radius 3 is 2.50 bits per heavy atom. The lowest BCUT2D eigenvalue weighted by molar-refractivity contribution is -0.145. The molecule has 0 aromatic heterocycles. The van der Waals surface area contributed by atoms with Crippen molar-refractivity contribution in [3.8, 4) is 5.75 Å². The number of carbonyl (C=O) groups is 2. The van der Waals surface area contributed by atoms with Gasteiger partial charge in [-0.15, -0.1) is 0 Å². The van der Waals surface area contributed by atoms with Crippen LogP contribution in [0.25, 0.3) is 0 Å². The number of para-hydroxylation sites is 3. The van der Waals surface area contributed by atoms with Crippen LogP contribution in [0.4, 0.5) is 15.8 Å². The molecular weight excluding hydrogens is 337 g/mol. The minimum absolute atomic E-state index is 0.279. The van der Waals surface area contributed by atoms with E-state index in [9.17, 15) is 14.0 Å². The number of halogens is 1. The summed E-state index contributed by atoms with van der Waals surface area (Å²) in [5.41, 5.74) is 1.09. The van der Waals surface area contributed by atoms with Crippen molar-refractivity contribution in [3.63, 3.8) is 0 Å². The second-order valence-electron chi connectivity index (χ2n) is 6.25. The molecule has 1 fully saturated rings. The summed E-state index contributed by atoms with van der Waals surface area (Å²) in [7, 11) is 0. The van der Waals surface area contributed by atoms with Crippen molar-refractivity contribution in [1.29, 1.82) is 0 Å². The average molecular weight is 355 g/mol. The van der Waals surface area contributed by atoms with Gasteiger partial charge in [0.05, 0.1) is 11.4 Å². The van der Waals surface area contributed by atoms with Crippen LogP contribution < -0.4 is 15.0 Å². The molecule has 26 heavy (non-hydrogen) atoms. The Hall–Kier alpha value is -3.09. The minimum atomic E-state index is -1.19. The summed E-state index contributed by atoms with van der Waals surface area (Å²) in [4.78, 5) is 28.5. The molecule has 1 atom stereocenters. The molecule has 2 aromatic rings. The molecular formula is C19H18FN3O3. The first-order chi connectivity index (χ1) is 12.6. The molecule has 2 aliphatic rings. The lowest BCUT2D eigenvalue weighted by atomic mass is 10.1. The smallest absolute Gasteiger partial charge is 0.275 e. The van der Waals surface area contributed by atoms with Crippen molar-refractivity contribution in [3.05, 3.63) is 54.3 Å². The molecule has 7 heteroatoms. The molecule has 0 aliphatic carbocycles. The third kappa shape index (κ3) is 2.96. The molecule has 1 saturated heterocycles. The van der Waals surface area contributed by atoms with Crippen LogP contribution in [0.1, 0.15) is 0 Å². The lowest BCUT2D eigenvalue weighted by Gasteiger charge is -2.38. The highest BCUT2D eigenvalue weighted by molar-refractivity contribution is 6.11. The van der Waals surface area contributed by atoms with Crippen LogP contribution >= 0.6 is 0 Å². The number of nitrogens with zero attached hydrogens (tertiary/aromatic N) is 2. The SMILES string of the molecule is O=C1Nc2ccccc2OC1C(=O)N1CCN(c2ccccc2F)CC1. The van der Waals surface area contributed by atoms with Crippen molar-refractivity contribution < 1.29 is 18.7 Å². The Morgan fingerprint density at radius 1 is 1.04 bits per heavy atom. The summed E-state index contributed by atoms with van der Waals surface area (Å²) in [6.07, 6.45) is -1.19. The van der Waals surface area contributed by atoms with Crippen LogP contribution in [-0.4, -0.2) is 49.0 Å². The van der Waals surface area contributed by atoms with Crippen LogP contribution in [0.3, 0.4) is 0 Å². The first kappa shape index (κ1) is 16.4. The quantitative estimate of drug-likeness (QED) is 0.836. The van der Waals surface area contributed by atoms with Crippen molar-refractivity contribution in [1.82, 2.24) is 4.90 Å². The molecule has 4 rings (SSSR count). The van der Waals surface area contributed by atoms with E-state index in [2.05, 4.69) is 5.32 Å². The predicted molar refractivity (Wildman–Crippen MR) is 94.7 cm³/mol. The van der Waals surface area contributed by atoms with E-state index in [1.54, 1.807) is 47.4 Å². The number of piperazine rings is 1. The number of benzene rings is 2. The topological polar surface area (TPSA) is 61.9 Å². The molecule has 2 amide bonds. The second kappa shape index (κ2) is 6.67. The zero-order chi connectivity index (χ0) is 18.1. The zero-order valence-corrected chi connectivity index (χ0v) is 14.0. The van der Waals surface area contributed by atoms with Gasteiger partial charge in [0.25, 0.3) is 17.9 Å². The second-order valence-corrected chi connectivity index (χ2v) is 6.25. The fourth-order valence-electron chi connectivity index (χ4n) is 3.26. The van der Waals surface area contributed by atoms with Gasteiger partial charge in [-0.1, -0.05) is 24.3 Å². The van der Waals surface area contributed by atoms with E-state index in [0.717, 1.165) is 0 Å². The number of rotatable bonds is 2. The molecule has 2 aliphatic heterocycles. The number of anilines is 2. The summed E-state index contributed by atoms with van der Waals surface area (Å²) in [5, 5.41) is 2.70.